The molecule has 0 aromatic heterocycles. The minimum atomic E-state index is -1.76. The van der Waals surface area contributed by atoms with E-state index < -0.39 is 33.9 Å². The number of rotatable bonds is 10. The van der Waals surface area contributed by atoms with Gasteiger partial charge in [-0.3, -0.25) is 10.0 Å². The predicted octanol–water partition coefficient (Wildman–Crippen LogP) is 3.53. The van der Waals surface area contributed by atoms with Crippen LogP contribution in [-0.2, 0) is 21.7 Å². The molecule has 180 valence electrons. The number of methoxy groups -OCH3 is 1. The van der Waals surface area contributed by atoms with Crippen LogP contribution in [-0.4, -0.2) is 63.1 Å². The largest absolute Gasteiger partial charge is 0.615 e. The van der Waals surface area contributed by atoms with E-state index in [0.717, 1.165) is 10.5 Å². The summed E-state index contributed by atoms with van der Waals surface area (Å²) in [6, 6.07) is 5.04. The van der Waals surface area contributed by atoms with Gasteiger partial charge in [0.2, 0.25) is 4.75 Å². The highest BCUT2D eigenvalue weighted by atomic mass is 32.2. The number of nitrogens with zero attached hydrogens (tertiary/aromatic N) is 2. The van der Waals surface area contributed by atoms with Crippen molar-refractivity contribution < 1.29 is 28.9 Å². The van der Waals surface area contributed by atoms with E-state index in [1.54, 1.807) is 38.3 Å². The molecule has 0 saturated heterocycles. The molecule has 0 spiro atoms. The molecule has 0 radical (unpaired) electrons. The summed E-state index contributed by atoms with van der Waals surface area (Å²) < 4.78 is 17.0. The highest BCUT2D eigenvalue weighted by Crippen LogP contribution is 2.31. The molecule has 0 fully saturated rings. The Morgan fingerprint density at radius 1 is 1.25 bits per heavy atom. The highest BCUT2D eigenvalue weighted by molar-refractivity contribution is 7.92. The topological polar surface area (TPSA) is 122 Å². The maximum atomic E-state index is 13.4. The number of benzene rings is 1. The lowest BCUT2D eigenvalue weighted by molar-refractivity contribution is -0.157. The van der Waals surface area contributed by atoms with Gasteiger partial charge in [0.1, 0.15) is 11.5 Å². The van der Waals surface area contributed by atoms with E-state index >= 15 is 0 Å². The maximum absolute atomic E-state index is 13.4. The number of hydroxylamine groups is 2. The third-order valence-electron chi connectivity index (χ3n) is 5.12. The first-order chi connectivity index (χ1) is 15.0. The summed E-state index contributed by atoms with van der Waals surface area (Å²) >= 11 is -1.76. The van der Waals surface area contributed by atoms with E-state index in [4.69, 9.17) is 4.74 Å². The van der Waals surface area contributed by atoms with Crippen molar-refractivity contribution in [2.24, 2.45) is 5.92 Å². The first-order valence-electron chi connectivity index (χ1n) is 10.6. The minimum absolute atomic E-state index is 0.0144. The van der Waals surface area contributed by atoms with Crippen molar-refractivity contribution in [3.05, 3.63) is 29.8 Å². The number of carbonyl (C=O) groups is 3. The number of nitrogens with one attached hydrogen (secondary N) is 1. The average Bonchev–Trinajstić information content (AvgIpc) is 2.79. The van der Waals surface area contributed by atoms with Crippen LogP contribution in [0.15, 0.2) is 24.3 Å². The third kappa shape index (κ3) is 7.11. The minimum Gasteiger partial charge on any atom is -0.615 e. The summed E-state index contributed by atoms with van der Waals surface area (Å²) in [4.78, 5) is 38.8. The fourth-order valence-electron chi connectivity index (χ4n) is 2.98. The van der Waals surface area contributed by atoms with Crippen LogP contribution in [0.25, 0.3) is 0 Å². The Balaban J connectivity index is 3.18. The summed E-state index contributed by atoms with van der Waals surface area (Å²) in [5.41, 5.74) is 0.724. The number of imide groups is 2. The van der Waals surface area contributed by atoms with Crippen molar-refractivity contribution in [1.82, 2.24) is 15.3 Å². The van der Waals surface area contributed by atoms with Gasteiger partial charge in [0, 0.05) is 25.6 Å². The molecule has 0 aliphatic heterocycles. The molecule has 32 heavy (non-hydrogen) atoms. The SMILES string of the molecule is CCCN(C(=O)NC)C(=O)N(O)C(=O)C(C)(CCC(C)C)[S+]([O-])Cc1ccc(OC)cc1. The molecule has 5 amide bonds. The molecule has 0 bridgehead atoms. The van der Waals surface area contributed by atoms with Crippen LogP contribution >= 0.6 is 0 Å². The summed E-state index contributed by atoms with van der Waals surface area (Å²) in [7, 11) is 2.89. The molecule has 2 unspecified atom stereocenters. The van der Waals surface area contributed by atoms with E-state index in [1.165, 1.54) is 14.0 Å². The van der Waals surface area contributed by atoms with Crippen LogP contribution in [0.1, 0.15) is 52.5 Å². The maximum Gasteiger partial charge on any atom is 0.359 e. The van der Waals surface area contributed by atoms with Crippen molar-refractivity contribution in [2.75, 3.05) is 20.7 Å². The monoisotopic (exact) mass is 469 g/mol. The molecule has 0 heterocycles. The van der Waals surface area contributed by atoms with Crippen LogP contribution < -0.4 is 10.1 Å². The predicted molar refractivity (Wildman–Crippen MR) is 123 cm³/mol. The highest BCUT2D eigenvalue weighted by Gasteiger charge is 2.49. The molecular weight excluding hydrogens is 434 g/mol. The molecular formula is C22H35N3O6S. The van der Waals surface area contributed by atoms with Crippen molar-refractivity contribution >= 4 is 29.1 Å². The van der Waals surface area contributed by atoms with Crippen LogP contribution in [0.5, 0.6) is 5.75 Å². The van der Waals surface area contributed by atoms with Crippen LogP contribution in [0.4, 0.5) is 9.59 Å². The molecule has 1 rings (SSSR count). The van der Waals surface area contributed by atoms with Crippen LogP contribution in [0.3, 0.4) is 0 Å². The molecule has 0 aliphatic rings. The number of hydrogen-bond acceptors (Lipinski definition) is 6. The molecule has 1 aromatic carbocycles. The van der Waals surface area contributed by atoms with Crippen molar-refractivity contribution in [1.29, 1.82) is 0 Å². The lowest BCUT2D eigenvalue weighted by Gasteiger charge is -2.34. The normalized spacial score (nSPS) is 13.8. The van der Waals surface area contributed by atoms with Crippen molar-refractivity contribution in [3.63, 3.8) is 0 Å². The van der Waals surface area contributed by atoms with Crippen LogP contribution in [0, 0.1) is 5.92 Å². The lowest BCUT2D eigenvalue weighted by Crippen LogP contribution is -2.57. The number of hydrogen-bond donors (Lipinski definition) is 2. The fraction of sp³-hybridized carbons (Fsp3) is 0.591. The van der Waals surface area contributed by atoms with Crippen molar-refractivity contribution in [2.45, 2.75) is 57.5 Å². The Kier molecular flexibility index (Phi) is 11.0. The second kappa shape index (κ2) is 12.7. The molecule has 1 aromatic rings. The summed E-state index contributed by atoms with van der Waals surface area (Å²) in [6.45, 7) is 7.18. The third-order valence-corrected chi connectivity index (χ3v) is 7.10. The Bertz CT molecular complexity index is 773. The smallest absolute Gasteiger partial charge is 0.359 e. The lowest BCUT2D eigenvalue weighted by atomic mass is 9.97. The number of carbonyl (C=O) groups excluding carboxylic acids is 3. The van der Waals surface area contributed by atoms with Gasteiger partial charge in [-0.1, -0.05) is 32.9 Å². The molecule has 9 nitrogen and oxygen atoms in total. The molecule has 2 atom stereocenters. The Hall–Kier alpha value is -2.30. The van der Waals surface area contributed by atoms with Crippen molar-refractivity contribution in [3.8, 4) is 5.75 Å². The van der Waals surface area contributed by atoms with E-state index in [1.807, 2.05) is 13.8 Å². The second-order valence-corrected chi connectivity index (χ2v) is 9.99. The number of urea groups is 2. The molecule has 0 saturated carbocycles. The summed E-state index contributed by atoms with van der Waals surface area (Å²) in [5.74, 6) is -0.0820. The number of ether oxygens (including phenoxy) is 1. The first kappa shape index (κ1) is 27.7. The van der Waals surface area contributed by atoms with E-state index in [-0.39, 0.29) is 29.7 Å². The van der Waals surface area contributed by atoms with Gasteiger partial charge in [-0.25, -0.2) is 14.5 Å². The van der Waals surface area contributed by atoms with Gasteiger partial charge in [-0.2, -0.15) is 0 Å². The zero-order valence-corrected chi connectivity index (χ0v) is 20.5. The Morgan fingerprint density at radius 2 is 1.84 bits per heavy atom. The van der Waals surface area contributed by atoms with Gasteiger partial charge in [-0.15, -0.1) is 5.06 Å². The molecule has 0 aliphatic carbocycles. The standard InChI is InChI=1S/C22H35N3O6S/c1-7-14-24(20(27)23-5)21(28)25(29)19(26)22(4,13-12-16(2)3)32(30)15-17-8-10-18(31-6)11-9-17/h8-11,16,29H,7,12-15H2,1-6H3,(H,23,27). The van der Waals surface area contributed by atoms with E-state index in [0.29, 0.717) is 18.6 Å². The zero-order valence-electron chi connectivity index (χ0n) is 19.7. The zero-order chi connectivity index (χ0) is 24.5. The van der Waals surface area contributed by atoms with Gasteiger partial charge >= 0.3 is 18.0 Å². The van der Waals surface area contributed by atoms with Crippen LogP contribution in [0.2, 0.25) is 0 Å². The second-order valence-electron chi connectivity index (χ2n) is 8.11. The van der Waals surface area contributed by atoms with Gasteiger partial charge in [0.05, 0.1) is 7.11 Å². The Labute approximate surface area is 193 Å². The molecule has 2 N–H and O–H groups in total. The van der Waals surface area contributed by atoms with E-state index in [2.05, 4.69) is 5.32 Å². The first-order valence-corrected chi connectivity index (χ1v) is 11.9. The van der Waals surface area contributed by atoms with Gasteiger partial charge in [0.25, 0.3) is 0 Å². The molecule has 10 heteroatoms. The van der Waals surface area contributed by atoms with Gasteiger partial charge in [0.15, 0.2) is 0 Å². The summed E-state index contributed by atoms with van der Waals surface area (Å²) in [5, 5.41) is 12.7. The fourth-order valence-corrected chi connectivity index (χ4v) is 4.42. The van der Waals surface area contributed by atoms with E-state index in [9.17, 15) is 24.1 Å². The quantitative estimate of drug-likeness (QED) is 0.307. The summed E-state index contributed by atoms with van der Waals surface area (Å²) in [6.07, 6.45) is 1.20. The average molecular weight is 470 g/mol. The number of amides is 5. The van der Waals surface area contributed by atoms with Gasteiger partial charge in [-0.05, 0) is 49.0 Å². The Morgan fingerprint density at radius 3 is 2.31 bits per heavy atom. The van der Waals surface area contributed by atoms with Gasteiger partial charge < -0.3 is 14.6 Å².